The van der Waals surface area contributed by atoms with E-state index in [9.17, 15) is 4.79 Å². The van der Waals surface area contributed by atoms with Crippen LogP contribution in [0.25, 0.3) is 0 Å². The molecule has 0 saturated heterocycles. The van der Waals surface area contributed by atoms with Gasteiger partial charge in [0.15, 0.2) is 0 Å². The van der Waals surface area contributed by atoms with Crippen LogP contribution in [0.5, 0.6) is 0 Å². The molecular weight excluding hydrogens is 196 g/mol. The molecule has 0 bridgehead atoms. The van der Waals surface area contributed by atoms with Gasteiger partial charge in [0, 0.05) is 12.7 Å². The maximum Gasteiger partial charge on any atom is 0.246 e. The average molecular weight is 210 g/mol. The molecule has 0 aliphatic carbocycles. The molecule has 1 aromatic rings. The van der Waals surface area contributed by atoms with Crippen molar-refractivity contribution < 1.29 is 9.53 Å². The molecule has 1 aromatic heterocycles. The van der Waals surface area contributed by atoms with Gasteiger partial charge in [-0.3, -0.25) is 4.79 Å². The van der Waals surface area contributed by atoms with Crippen LogP contribution in [0, 0.1) is 0 Å². The van der Waals surface area contributed by atoms with Crippen LogP contribution in [-0.2, 0) is 16.1 Å². The lowest BCUT2D eigenvalue weighted by atomic mass is 10.4. The van der Waals surface area contributed by atoms with E-state index < -0.39 is 0 Å². The summed E-state index contributed by atoms with van der Waals surface area (Å²) >= 11 is 0. The molecule has 6 nitrogen and oxygen atoms in total. The highest BCUT2D eigenvalue weighted by atomic mass is 16.5. The zero-order chi connectivity index (χ0) is 10.9. The third-order valence-electron chi connectivity index (χ3n) is 1.61. The number of aromatic nitrogens is 2. The van der Waals surface area contributed by atoms with E-state index in [-0.39, 0.29) is 12.5 Å². The second-order valence-corrected chi connectivity index (χ2v) is 2.82. The van der Waals surface area contributed by atoms with Gasteiger partial charge in [0.25, 0.3) is 0 Å². The molecule has 0 aliphatic heterocycles. The lowest BCUT2D eigenvalue weighted by molar-refractivity contribution is -0.125. The fourth-order valence-corrected chi connectivity index (χ4v) is 0.911. The Morgan fingerprint density at radius 3 is 3.13 bits per heavy atom. The van der Waals surface area contributed by atoms with Gasteiger partial charge < -0.3 is 15.8 Å². The third-order valence-corrected chi connectivity index (χ3v) is 1.61. The molecule has 0 atom stereocenters. The molecule has 0 unspecified atom stereocenters. The first kappa shape index (κ1) is 11.5. The van der Waals surface area contributed by atoms with Crippen LogP contribution in [0.1, 0.15) is 5.69 Å². The number of carbonyl (C=O) groups excluding carboxylic acids is 1. The number of hydrogen-bond donors (Lipinski definition) is 2. The number of nitrogens with one attached hydrogen (secondary N) is 1. The van der Waals surface area contributed by atoms with E-state index >= 15 is 0 Å². The van der Waals surface area contributed by atoms with Crippen molar-refractivity contribution in [2.45, 2.75) is 6.54 Å². The van der Waals surface area contributed by atoms with Crippen LogP contribution in [-0.4, -0.2) is 35.6 Å². The first-order chi connectivity index (χ1) is 7.33. The highest BCUT2D eigenvalue weighted by Crippen LogP contribution is 1.89. The summed E-state index contributed by atoms with van der Waals surface area (Å²) in [6, 6.07) is 1.74. The zero-order valence-electron chi connectivity index (χ0n) is 8.35. The van der Waals surface area contributed by atoms with Gasteiger partial charge in [0.2, 0.25) is 5.91 Å². The molecule has 1 amide bonds. The largest absolute Gasteiger partial charge is 0.370 e. The van der Waals surface area contributed by atoms with Crippen molar-refractivity contribution in [3.05, 3.63) is 24.3 Å². The lowest BCUT2D eigenvalue weighted by Crippen LogP contribution is -2.28. The van der Waals surface area contributed by atoms with E-state index in [1.165, 1.54) is 6.33 Å². The van der Waals surface area contributed by atoms with Crippen molar-refractivity contribution in [1.82, 2.24) is 15.3 Å². The van der Waals surface area contributed by atoms with Gasteiger partial charge in [0.05, 0.1) is 18.8 Å². The first-order valence-electron chi connectivity index (χ1n) is 4.62. The number of rotatable bonds is 6. The van der Waals surface area contributed by atoms with Gasteiger partial charge in [-0.2, -0.15) is 0 Å². The number of nitrogens with two attached hydrogens (primary N) is 1. The maximum absolute atomic E-state index is 11.2. The Bertz CT molecular complexity index is 291. The smallest absolute Gasteiger partial charge is 0.246 e. The highest BCUT2D eigenvalue weighted by Gasteiger charge is 2.00. The van der Waals surface area contributed by atoms with Gasteiger partial charge >= 0.3 is 0 Å². The van der Waals surface area contributed by atoms with E-state index in [4.69, 9.17) is 10.5 Å². The molecule has 0 spiro atoms. The van der Waals surface area contributed by atoms with Crippen LogP contribution in [0.3, 0.4) is 0 Å². The standard InChI is InChI=1S/C9H14N4O2/c10-2-4-15-6-9(14)12-5-8-1-3-11-7-13-8/h1,3,7H,2,4-6,10H2,(H,12,14). The van der Waals surface area contributed by atoms with Crippen LogP contribution < -0.4 is 11.1 Å². The van der Waals surface area contributed by atoms with Crippen molar-refractivity contribution in [3.63, 3.8) is 0 Å². The molecule has 1 rings (SSSR count). The molecule has 3 N–H and O–H groups in total. The monoisotopic (exact) mass is 210 g/mol. The Kier molecular flexibility index (Phi) is 5.28. The number of amides is 1. The molecule has 0 fully saturated rings. The summed E-state index contributed by atoms with van der Waals surface area (Å²) in [5.41, 5.74) is 5.97. The molecule has 0 aliphatic rings. The Labute approximate surface area is 87.9 Å². The van der Waals surface area contributed by atoms with E-state index in [1.807, 2.05) is 0 Å². The normalized spacial score (nSPS) is 9.93. The Morgan fingerprint density at radius 2 is 2.47 bits per heavy atom. The van der Waals surface area contributed by atoms with Crippen molar-refractivity contribution in [2.24, 2.45) is 5.73 Å². The molecule has 15 heavy (non-hydrogen) atoms. The topological polar surface area (TPSA) is 90.1 Å². The number of carbonyl (C=O) groups is 1. The van der Waals surface area contributed by atoms with E-state index in [0.717, 1.165) is 5.69 Å². The Hall–Kier alpha value is -1.53. The predicted molar refractivity (Wildman–Crippen MR) is 53.8 cm³/mol. The number of ether oxygens (including phenoxy) is 1. The van der Waals surface area contributed by atoms with E-state index in [1.54, 1.807) is 12.3 Å². The van der Waals surface area contributed by atoms with Crippen LogP contribution in [0.4, 0.5) is 0 Å². The van der Waals surface area contributed by atoms with Crippen molar-refractivity contribution in [2.75, 3.05) is 19.8 Å². The van der Waals surface area contributed by atoms with Gasteiger partial charge in [-0.05, 0) is 6.07 Å². The second-order valence-electron chi connectivity index (χ2n) is 2.82. The molecule has 1 heterocycles. The minimum Gasteiger partial charge on any atom is -0.370 e. The van der Waals surface area contributed by atoms with Gasteiger partial charge in [-0.25, -0.2) is 9.97 Å². The first-order valence-corrected chi connectivity index (χ1v) is 4.62. The summed E-state index contributed by atoms with van der Waals surface area (Å²) < 4.78 is 4.96. The molecule has 0 aromatic carbocycles. The maximum atomic E-state index is 11.2. The van der Waals surface area contributed by atoms with E-state index in [2.05, 4.69) is 15.3 Å². The molecule has 6 heteroatoms. The van der Waals surface area contributed by atoms with E-state index in [0.29, 0.717) is 19.7 Å². The van der Waals surface area contributed by atoms with Crippen LogP contribution >= 0.6 is 0 Å². The van der Waals surface area contributed by atoms with Gasteiger partial charge in [-0.15, -0.1) is 0 Å². The number of nitrogens with zero attached hydrogens (tertiary/aromatic N) is 2. The van der Waals surface area contributed by atoms with Crippen LogP contribution in [0.2, 0.25) is 0 Å². The zero-order valence-corrected chi connectivity index (χ0v) is 8.35. The fraction of sp³-hybridized carbons (Fsp3) is 0.444. The minimum absolute atomic E-state index is 0.0300. The summed E-state index contributed by atoms with van der Waals surface area (Å²) in [6.45, 7) is 1.22. The van der Waals surface area contributed by atoms with Gasteiger partial charge in [0.1, 0.15) is 12.9 Å². The van der Waals surface area contributed by atoms with Crippen molar-refractivity contribution in [1.29, 1.82) is 0 Å². The summed E-state index contributed by atoms with van der Waals surface area (Å²) in [5, 5.41) is 2.66. The predicted octanol–water partition coefficient (Wildman–Crippen LogP) is -0.932. The Balaban J connectivity index is 2.17. The third kappa shape index (κ3) is 5.04. The fourth-order valence-electron chi connectivity index (χ4n) is 0.911. The lowest BCUT2D eigenvalue weighted by Gasteiger charge is -2.04. The van der Waals surface area contributed by atoms with Crippen molar-refractivity contribution >= 4 is 5.91 Å². The summed E-state index contributed by atoms with van der Waals surface area (Å²) in [6.07, 6.45) is 3.06. The highest BCUT2D eigenvalue weighted by molar-refractivity contribution is 5.77. The molecule has 82 valence electrons. The summed E-state index contributed by atoms with van der Waals surface area (Å²) in [4.78, 5) is 18.9. The number of hydrogen-bond acceptors (Lipinski definition) is 5. The SMILES string of the molecule is NCCOCC(=O)NCc1ccncn1. The minimum atomic E-state index is -0.179. The molecule has 0 radical (unpaired) electrons. The Morgan fingerprint density at radius 1 is 1.60 bits per heavy atom. The van der Waals surface area contributed by atoms with Crippen molar-refractivity contribution in [3.8, 4) is 0 Å². The summed E-state index contributed by atoms with van der Waals surface area (Å²) in [5.74, 6) is -0.179. The van der Waals surface area contributed by atoms with Crippen LogP contribution in [0.15, 0.2) is 18.6 Å². The van der Waals surface area contributed by atoms with Gasteiger partial charge in [-0.1, -0.05) is 0 Å². The second kappa shape index (κ2) is 6.86. The summed E-state index contributed by atoms with van der Waals surface area (Å²) in [7, 11) is 0. The molecule has 0 saturated carbocycles. The average Bonchev–Trinajstić information content (AvgIpc) is 2.28. The quantitative estimate of drug-likeness (QED) is 0.592. The molecular formula is C9H14N4O2.